The Morgan fingerprint density at radius 2 is 1.79 bits per heavy atom. The minimum absolute atomic E-state index is 0.135. The number of ether oxygens (including phenoxy) is 1. The molecule has 0 aliphatic carbocycles. The van der Waals surface area contributed by atoms with Crippen molar-refractivity contribution in [3.05, 3.63) is 29.8 Å². The van der Waals surface area contributed by atoms with Crippen LogP contribution >= 0.6 is 7.60 Å². The van der Waals surface area contributed by atoms with Gasteiger partial charge in [0, 0.05) is 19.8 Å². The Bertz CT molecular complexity index is 688. The maximum Gasteiger partial charge on any atom is 0.414 e. The van der Waals surface area contributed by atoms with Crippen LogP contribution in [0.25, 0.3) is 0 Å². The summed E-state index contributed by atoms with van der Waals surface area (Å²) in [5.74, 6) is -0.377. The summed E-state index contributed by atoms with van der Waals surface area (Å²) in [7, 11) is -1.26. The fraction of sp³-hybridized carbons (Fsp3) is 0.500. The third kappa shape index (κ3) is 3.53. The van der Waals surface area contributed by atoms with Crippen molar-refractivity contribution < 1.29 is 27.9 Å². The number of nitrogens with zero attached hydrogens (tertiary/aromatic N) is 1. The van der Waals surface area contributed by atoms with E-state index in [1.807, 2.05) is 0 Å². The molecule has 0 radical (unpaired) electrons. The molecule has 24 heavy (non-hydrogen) atoms. The largest absolute Gasteiger partial charge is 0.443 e. The summed E-state index contributed by atoms with van der Waals surface area (Å²) in [5, 5.41) is 0. The van der Waals surface area contributed by atoms with E-state index in [-0.39, 0.29) is 17.9 Å². The van der Waals surface area contributed by atoms with Crippen molar-refractivity contribution in [3.8, 4) is 0 Å². The van der Waals surface area contributed by atoms with Crippen LogP contribution < -0.4 is 4.90 Å². The molecule has 1 aliphatic rings. The van der Waals surface area contributed by atoms with Crippen LogP contribution in [0.2, 0.25) is 0 Å². The predicted octanol–water partition coefficient (Wildman–Crippen LogP) is 3.48. The zero-order chi connectivity index (χ0) is 18.1. The molecule has 0 bridgehead atoms. The fourth-order valence-electron chi connectivity index (χ4n) is 2.51. The van der Waals surface area contributed by atoms with Gasteiger partial charge in [-0.1, -0.05) is 12.1 Å². The average molecular weight is 355 g/mol. The first kappa shape index (κ1) is 18.6. The molecule has 132 valence electrons. The maximum atomic E-state index is 12.7. The number of amides is 1. The van der Waals surface area contributed by atoms with E-state index in [0.717, 1.165) is 0 Å². The lowest BCUT2D eigenvalue weighted by Crippen LogP contribution is -2.47. The summed E-state index contributed by atoms with van der Waals surface area (Å²) in [6, 6.07) is 6.63. The summed E-state index contributed by atoms with van der Waals surface area (Å²) in [5.41, 5.74) is -1.09. The zero-order valence-corrected chi connectivity index (χ0v) is 15.3. The van der Waals surface area contributed by atoms with Crippen LogP contribution in [0.15, 0.2) is 24.3 Å². The Balaban J connectivity index is 2.48. The number of hydrogen-bond acceptors (Lipinski definition) is 6. The van der Waals surface area contributed by atoms with Crippen LogP contribution in [0.1, 0.15) is 31.1 Å². The maximum absolute atomic E-state index is 12.7. The van der Waals surface area contributed by atoms with Gasteiger partial charge in [-0.3, -0.25) is 14.3 Å². The number of carbonyl (C=O) groups excluding carboxylic acids is 2. The minimum Gasteiger partial charge on any atom is -0.443 e. The first-order chi connectivity index (χ1) is 11.1. The van der Waals surface area contributed by atoms with Crippen LogP contribution in [0.4, 0.5) is 10.5 Å². The van der Waals surface area contributed by atoms with Crippen molar-refractivity contribution in [2.24, 2.45) is 0 Å². The van der Waals surface area contributed by atoms with Crippen molar-refractivity contribution in [1.29, 1.82) is 0 Å². The third-order valence-electron chi connectivity index (χ3n) is 3.62. The lowest BCUT2D eigenvalue weighted by molar-refractivity contribution is 0.0577. The number of benzene rings is 1. The molecule has 7 nitrogen and oxygen atoms in total. The van der Waals surface area contributed by atoms with Gasteiger partial charge in [0.15, 0.2) is 5.78 Å². The average Bonchev–Trinajstić information content (AvgIpc) is 2.53. The molecular weight excluding hydrogens is 333 g/mol. The molecule has 1 aromatic carbocycles. The molecule has 2 rings (SSSR count). The normalized spacial score (nSPS) is 18.3. The Hall–Kier alpha value is -1.69. The number of hydrogen-bond donors (Lipinski definition) is 0. The lowest BCUT2D eigenvalue weighted by atomic mass is 10.0. The quantitative estimate of drug-likeness (QED) is 0.772. The van der Waals surface area contributed by atoms with Crippen LogP contribution in [-0.4, -0.2) is 43.9 Å². The number of para-hydroxylation sites is 1. The van der Waals surface area contributed by atoms with E-state index in [4.69, 9.17) is 13.8 Å². The zero-order valence-electron chi connectivity index (χ0n) is 14.4. The first-order valence-corrected chi connectivity index (χ1v) is 9.09. The van der Waals surface area contributed by atoms with E-state index in [1.54, 1.807) is 45.0 Å². The van der Waals surface area contributed by atoms with Crippen molar-refractivity contribution in [1.82, 2.24) is 0 Å². The van der Waals surface area contributed by atoms with Crippen molar-refractivity contribution in [2.45, 2.75) is 32.0 Å². The van der Waals surface area contributed by atoms with Crippen LogP contribution in [-0.2, 0) is 18.3 Å². The number of carbonyl (C=O) groups is 2. The highest BCUT2D eigenvalue weighted by Gasteiger charge is 2.47. The minimum atomic E-state index is -3.70. The predicted molar refractivity (Wildman–Crippen MR) is 89.8 cm³/mol. The Kier molecular flexibility index (Phi) is 5.18. The highest BCUT2D eigenvalue weighted by Crippen LogP contribution is 2.54. The monoisotopic (exact) mass is 355 g/mol. The number of anilines is 1. The smallest absolute Gasteiger partial charge is 0.414 e. The van der Waals surface area contributed by atoms with Crippen LogP contribution in [0.5, 0.6) is 0 Å². The van der Waals surface area contributed by atoms with E-state index in [2.05, 4.69) is 0 Å². The molecule has 0 saturated carbocycles. The van der Waals surface area contributed by atoms with E-state index < -0.39 is 24.9 Å². The Labute approximate surface area is 141 Å². The molecule has 1 atom stereocenters. The second-order valence-corrected chi connectivity index (χ2v) is 8.83. The van der Waals surface area contributed by atoms with Gasteiger partial charge >= 0.3 is 13.7 Å². The second kappa shape index (κ2) is 6.67. The fourth-order valence-corrected chi connectivity index (χ4v) is 3.96. The molecule has 0 fully saturated rings. The van der Waals surface area contributed by atoms with Crippen molar-refractivity contribution >= 4 is 25.2 Å². The molecule has 0 aromatic heterocycles. The summed E-state index contributed by atoms with van der Waals surface area (Å²) in [6.45, 7) is 5.11. The first-order valence-electron chi connectivity index (χ1n) is 7.48. The number of Topliss-reactive ketones (excluding diaryl/α,β-unsaturated/α-hetero) is 1. The number of ketones is 1. The Morgan fingerprint density at radius 1 is 1.21 bits per heavy atom. The molecule has 1 unspecified atom stereocenters. The number of rotatable bonds is 3. The SMILES string of the molecule is COP(=O)(OC)C1CN(C(=O)OC(C)(C)C)c2ccccc2C1=O. The van der Waals surface area contributed by atoms with Gasteiger partial charge in [-0.15, -0.1) is 0 Å². The van der Waals surface area contributed by atoms with Gasteiger partial charge in [0.05, 0.1) is 12.2 Å². The van der Waals surface area contributed by atoms with Gasteiger partial charge in [-0.05, 0) is 32.9 Å². The molecule has 0 spiro atoms. The lowest BCUT2D eigenvalue weighted by Gasteiger charge is -2.36. The molecule has 8 heteroatoms. The van der Waals surface area contributed by atoms with Crippen molar-refractivity contribution in [3.63, 3.8) is 0 Å². The van der Waals surface area contributed by atoms with Gasteiger partial charge in [-0.25, -0.2) is 4.79 Å². The molecule has 0 N–H and O–H groups in total. The standard InChI is InChI=1S/C16H22NO6P/c1-16(2,3)23-15(19)17-10-13(24(20,21-4)22-5)14(18)11-8-6-7-9-12(11)17/h6-9,13H,10H2,1-5H3. The summed E-state index contributed by atoms with van der Waals surface area (Å²) >= 11 is 0. The molecule has 1 aliphatic heterocycles. The van der Waals surface area contributed by atoms with E-state index in [1.165, 1.54) is 19.1 Å². The van der Waals surface area contributed by atoms with Gasteiger partial charge in [0.2, 0.25) is 0 Å². The summed E-state index contributed by atoms with van der Waals surface area (Å²) in [4.78, 5) is 26.6. The highest BCUT2D eigenvalue weighted by molar-refractivity contribution is 7.55. The van der Waals surface area contributed by atoms with Crippen LogP contribution in [0.3, 0.4) is 0 Å². The molecule has 1 heterocycles. The van der Waals surface area contributed by atoms with Gasteiger partial charge in [0.25, 0.3) is 0 Å². The molecule has 1 aromatic rings. The summed E-state index contributed by atoms with van der Waals surface area (Å²) in [6.07, 6.45) is -0.619. The Morgan fingerprint density at radius 3 is 2.33 bits per heavy atom. The highest BCUT2D eigenvalue weighted by atomic mass is 31.2. The summed E-state index contributed by atoms with van der Waals surface area (Å²) < 4.78 is 28.1. The molecule has 1 amide bonds. The molecular formula is C16H22NO6P. The van der Waals surface area contributed by atoms with Crippen LogP contribution in [0, 0.1) is 0 Å². The van der Waals surface area contributed by atoms with Gasteiger partial charge in [-0.2, -0.15) is 0 Å². The van der Waals surface area contributed by atoms with Gasteiger partial charge < -0.3 is 13.8 Å². The van der Waals surface area contributed by atoms with E-state index in [0.29, 0.717) is 5.69 Å². The topological polar surface area (TPSA) is 82.1 Å². The van der Waals surface area contributed by atoms with Crippen molar-refractivity contribution in [2.75, 3.05) is 25.7 Å². The van der Waals surface area contributed by atoms with E-state index >= 15 is 0 Å². The second-order valence-electron chi connectivity index (χ2n) is 6.39. The molecule has 0 saturated heterocycles. The van der Waals surface area contributed by atoms with E-state index in [9.17, 15) is 14.2 Å². The van der Waals surface area contributed by atoms with Gasteiger partial charge in [0.1, 0.15) is 11.3 Å². The number of fused-ring (bicyclic) bond motifs is 1. The third-order valence-corrected chi connectivity index (χ3v) is 5.80.